The number of H-pyrrole nitrogens is 1. The van der Waals surface area contributed by atoms with Gasteiger partial charge >= 0.3 is 0 Å². The van der Waals surface area contributed by atoms with Gasteiger partial charge in [0.1, 0.15) is 11.6 Å². The smallest absolute Gasteiger partial charge is 0.254 e. The van der Waals surface area contributed by atoms with E-state index in [1.807, 2.05) is 6.92 Å². The monoisotopic (exact) mass is 424 g/mol. The maximum atomic E-state index is 13.3. The van der Waals surface area contributed by atoms with Gasteiger partial charge in [0.25, 0.3) is 11.5 Å². The predicted octanol–water partition coefficient (Wildman–Crippen LogP) is 2.44. The molecule has 1 atom stereocenters. The van der Waals surface area contributed by atoms with Gasteiger partial charge in [-0.3, -0.25) is 14.4 Å². The second-order valence-electron chi connectivity index (χ2n) is 8.04. The van der Waals surface area contributed by atoms with Gasteiger partial charge in [0.2, 0.25) is 5.91 Å². The normalized spacial score (nSPS) is 18.5. The number of rotatable bonds is 4. The van der Waals surface area contributed by atoms with E-state index in [0.29, 0.717) is 60.9 Å². The third kappa shape index (κ3) is 4.19. The Labute approximate surface area is 181 Å². The van der Waals surface area contributed by atoms with Crippen molar-refractivity contribution in [2.75, 3.05) is 20.2 Å². The number of likely N-dealkylation sites (tertiary alicyclic amines) is 1. The van der Waals surface area contributed by atoms with E-state index in [0.717, 1.165) is 19.3 Å². The first-order valence-corrected chi connectivity index (χ1v) is 10.9. The molecule has 2 aliphatic heterocycles. The quantitative estimate of drug-likeness (QED) is 0.813. The third-order valence-electron chi connectivity index (χ3n) is 6.14. The molecule has 2 aliphatic rings. The lowest BCUT2D eigenvalue weighted by Crippen LogP contribution is -2.42. The highest BCUT2D eigenvalue weighted by atomic mass is 16.5. The number of fused-ring (bicyclic) bond motifs is 1. The lowest BCUT2D eigenvalue weighted by atomic mass is 9.99. The number of carbonyl (C=O) groups is 2. The molecule has 0 spiro atoms. The summed E-state index contributed by atoms with van der Waals surface area (Å²) in [5.74, 6) is 1.08. The highest BCUT2D eigenvalue weighted by Crippen LogP contribution is 2.31. The average Bonchev–Trinajstić information content (AvgIpc) is 2.82. The molecular formula is C23H28N4O4. The Hall–Kier alpha value is -3.16. The van der Waals surface area contributed by atoms with E-state index in [9.17, 15) is 14.4 Å². The fraction of sp³-hybridized carbons (Fsp3) is 0.478. The number of aromatic nitrogens is 2. The van der Waals surface area contributed by atoms with Crippen LogP contribution in [0.5, 0.6) is 5.75 Å². The van der Waals surface area contributed by atoms with Crippen molar-refractivity contribution >= 4 is 11.8 Å². The number of piperidine rings is 1. The summed E-state index contributed by atoms with van der Waals surface area (Å²) in [7, 11) is 1.57. The molecule has 0 radical (unpaired) electrons. The van der Waals surface area contributed by atoms with Crippen LogP contribution in [0.4, 0.5) is 0 Å². The summed E-state index contributed by atoms with van der Waals surface area (Å²) in [6.45, 7) is 3.31. The molecule has 1 aromatic carbocycles. The molecule has 4 rings (SSSR count). The van der Waals surface area contributed by atoms with Gasteiger partial charge in [0.15, 0.2) is 0 Å². The standard InChI is InChI=1S/C23H28N4O4/c1-3-20(28)26-12-10-17-18(14-26)24-21(25-22(17)29)19-9-4-5-11-27(19)23(30)15-7-6-8-16(13-15)31-2/h6-8,13,19H,3-5,9-12,14H2,1-2H3,(H,24,25,29). The van der Waals surface area contributed by atoms with E-state index < -0.39 is 0 Å². The lowest BCUT2D eigenvalue weighted by Gasteiger charge is -2.36. The minimum Gasteiger partial charge on any atom is -0.497 e. The summed E-state index contributed by atoms with van der Waals surface area (Å²) >= 11 is 0. The van der Waals surface area contributed by atoms with Crippen LogP contribution in [0.1, 0.15) is 66.1 Å². The molecule has 31 heavy (non-hydrogen) atoms. The number of amides is 2. The van der Waals surface area contributed by atoms with Crippen LogP contribution >= 0.6 is 0 Å². The van der Waals surface area contributed by atoms with Crippen LogP contribution in [-0.2, 0) is 17.8 Å². The number of ether oxygens (including phenoxy) is 1. The summed E-state index contributed by atoms with van der Waals surface area (Å²) in [6, 6.07) is 6.79. The van der Waals surface area contributed by atoms with Crippen LogP contribution in [0, 0.1) is 0 Å². The molecule has 8 nitrogen and oxygen atoms in total. The van der Waals surface area contributed by atoms with Crippen LogP contribution in [0.15, 0.2) is 29.1 Å². The van der Waals surface area contributed by atoms with E-state index in [4.69, 9.17) is 9.72 Å². The first-order valence-electron chi connectivity index (χ1n) is 10.9. The van der Waals surface area contributed by atoms with Gasteiger partial charge in [-0.15, -0.1) is 0 Å². The minimum atomic E-state index is -0.303. The number of hydrogen-bond acceptors (Lipinski definition) is 5. The fourth-order valence-corrected chi connectivity index (χ4v) is 4.43. The largest absolute Gasteiger partial charge is 0.497 e. The lowest BCUT2D eigenvalue weighted by molar-refractivity contribution is -0.131. The number of carbonyl (C=O) groups excluding carboxylic acids is 2. The van der Waals surface area contributed by atoms with Crippen LogP contribution in [0.2, 0.25) is 0 Å². The Bertz CT molecular complexity index is 1050. The van der Waals surface area contributed by atoms with Crippen LogP contribution in [0.3, 0.4) is 0 Å². The number of benzene rings is 1. The summed E-state index contributed by atoms with van der Waals surface area (Å²) in [6.07, 6.45) is 3.51. The van der Waals surface area contributed by atoms with Crippen molar-refractivity contribution in [1.82, 2.24) is 19.8 Å². The molecule has 1 aromatic heterocycles. The van der Waals surface area contributed by atoms with Gasteiger partial charge in [-0.2, -0.15) is 0 Å². The number of hydrogen-bond donors (Lipinski definition) is 1. The molecular weight excluding hydrogens is 396 g/mol. The van der Waals surface area contributed by atoms with Crippen molar-refractivity contribution in [3.63, 3.8) is 0 Å². The van der Waals surface area contributed by atoms with E-state index >= 15 is 0 Å². The van der Waals surface area contributed by atoms with Gasteiger partial charge in [-0.05, 0) is 43.9 Å². The first-order chi connectivity index (χ1) is 15.0. The molecule has 1 unspecified atom stereocenters. The third-order valence-corrected chi connectivity index (χ3v) is 6.14. The number of methoxy groups -OCH3 is 1. The van der Waals surface area contributed by atoms with Crippen LogP contribution in [0.25, 0.3) is 0 Å². The molecule has 2 aromatic rings. The van der Waals surface area contributed by atoms with Crippen LogP contribution < -0.4 is 10.3 Å². The zero-order valence-corrected chi connectivity index (χ0v) is 18.0. The number of aromatic amines is 1. The molecule has 1 fully saturated rings. The minimum absolute atomic E-state index is 0.0572. The van der Waals surface area contributed by atoms with Gasteiger partial charge in [-0.1, -0.05) is 13.0 Å². The zero-order chi connectivity index (χ0) is 22.0. The van der Waals surface area contributed by atoms with Crippen LogP contribution in [-0.4, -0.2) is 51.8 Å². The second-order valence-corrected chi connectivity index (χ2v) is 8.04. The maximum Gasteiger partial charge on any atom is 0.254 e. The highest BCUT2D eigenvalue weighted by molar-refractivity contribution is 5.95. The Morgan fingerprint density at radius 3 is 2.87 bits per heavy atom. The van der Waals surface area contributed by atoms with Gasteiger partial charge in [-0.25, -0.2) is 4.98 Å². The molecule has 2 amide bonds. The van der Waals surface area contributed by atoms with E-state index in [2.05, 4.69) is 4.98 Å². The van der Waals surface area contributed by atoms with Crippen molar-refractivity contribution in [2.45, 2.75) is 51.6 Å². The van der Waals surface area contributed by atoms with Gasteiger partial charge < -0.3 is 19.5 Å². The molecule has 8 heteroatoms. The van der Waals surface area contributed by atoms with Crippen molar-refractivity contribution in [2.24, 2.45) is 0 Å². The second kappa shape index (κ2) is 8.91. The van der Waals surface area contributed by atoms with Gasteiger partial charge in [0, 0.05) is 30.6 Å². The highest BCUT2D eigenvalue weighted by Gasteiger charge is 2.32. The molecule has 1 N–H and O–H groups in total. The average molecular weight is 425 g/mol. The summed E-state index contributed by atoms with van der Waals surface area (Å²) in [4.78, 5) is 49.5. The number of nitrogens with one attached hydrogen (secondary N) is 1. The molecule has 1 saturated heterocycles. The number of nitrogens with zero attached hydrogens (tertiary/aromatic N) is 3. The Kier molecular flexibility index (Phi) is 6.06. The summed E-state index contributed by atoms with van der Waals surface area (Å²) in [5.41, 5.74) is 1.67. The molecule has 164 valence electrons. The van der Waals surface area contributed by atoms with Crippen molar-refractivity contribution in [1.29, 1.82) is 0 Å². The Morgan fingerprint density at radius 1 is 1.26 bits per heavy atom. The van der Waals surface area contributed by atoms with Crippen molar-refractivity contribution < 1.29 is 14.3 Å². The van der Waals surface area contributed by atoms with Crippen molar-refractivity contribution in [3.8, 4) is 5.75 Å². The summed E-state index contributed by atoms with van der Waals surface area (Å²) < 4.78 is 5.26. The SMILES string of the molecule is CCC(=O)N1CCc2c(nc(C3CCCCN3C(=O)c3cccc(OC)c3)[nH]c2=O)C1. The predicted molar refractivity (Wildman–Crippen MR) is 115 cm³/mol. The molecule has 3 heterocycles. The Balaban J connectivity index is 1.65. The van der Waals surface area contributed by atoms with Gasteiger partial charge in [0.05, 0.1) is 25.4 Å². The van der Waals surface area contributed by atoms with Crippen molar-refractivity contribution in [3.05, 3.63) is 57.3 Å². The zero-order valence-electron chi connectivity index (χ0n) is 18.0. The molecule has 0 saturated carbocycles. The van der Waals surface area contributed by atoms with E-state index in [1.165, 1.54) is 0 Å². The Morgan fingerprint density at radius 2 is 2.10 bits per heavy atom. The molecule has 0 aliphatic carbocycles. The van der Waals surface area contributed by atoms with E-state index in [1.54, 1.807) is 41.2 Å². The fourth-order valence-electron chi connectivity index (χ4n) is 4.43. The molecule has 0 bridgehead atoms. The topological polar surface area (TPSA) is 95.6 Å². The van der Waals surface area contributed by atoms with E-state index in [-0.39, 0.29) is 23.4 Å². The maximum absolute atomic E-state index is 13.3. The first kappa shape index (κ1) is 21.1. The summed E-state index contributed by atoms with van der Waals surface area (Å²) in [5, 5.41) is 0.